The maximum absolute atomic E-state index is 11.7. The Kier molecular flexibility index (Phi) is 5.16. The Morgan fingerprint density at radius 3 is 2.53 bits per heavy atom. The van der Waals surface area contributed by atoms with Crippen LogP contribution in [0.1, 0.15) is 36.8 Å². The van der Waals surface area contributed by atoms with Gasteiger partial charge in [0.1, 0.15) is 0 Å². The van der Waals surface area contributed by atoms with Crippen molar-refractivity contribution in [1.82, 2.24) is 5.32 Å². The number of rotatable bonds is 6. The van der Waals surface area contributed by atoms with E-state index in [2.05, 4.69) is 12.2 Å². The molecule has 0 aliphatic carbocycles. The van der Waals surface area contributed by atoms with Gasteiger partial charge >= 0.3 is 0 Å². The van der Waals surface area contributed by atoms with Gasteiger partial charge in [-0.2, -0.15) is 0 Å². The van der Waals surface area contributed by atoms with E-state index in [1.165, 1.54) is 11.8 Å². The Balaban J connectivity index is 3.00. The van der Waals surface area contributed by atoms with Crippen LogP contribution in [0.3, 0.4) is 0 Å². The fourth-order valence-corrected chi connectivity index (χ4v) is 3.64. The highest BCUT2D eigenvalue weighted by atomic mass is 32.2. The fraction of sp³-hybridized carbons (Fsp3) is 0.667. The van der Waals surface area contributed by atoms with Crippen molar-refractivity contribution in [3.05, 3.63) is 21.9 Å². The smallest absolute Gasteiger partial charge is 0.151 e. The van der Waals surface area contributed by atoms with E-state index in [0.29, 0.717) is 0 Å². The quantitative estimate of drug-likeness (QED) is 0.868. The minimum atomic E-state index is -3.03. The van der Waals surface area contributed by atoms with E-state index in [1.807, 2.05) is 18.4 Å². The molecule has 1 rings (SSSR count). The van der Waals surface area contributed by atoms with Crippen molar-refractivity contribution in [2.75, 3.05) is 12.8 Å². The molecule has 0 radical (unpaired) electrons. The molecular formula is C12H21NO2S2. The first-order valence-electron chi connectivity index (χ1n) is 5.84. The van der Waals surface area contributed by atoms with Crippen LogP contribution in [0.25, 0.3) is 0 Å². The van der Waals surface area contributed by atoms with Crippen LogP contribution in [-0.4, -0.2) is 26.5 Å². The number of hydrogen-bond donors (Lipinski definition) is 1. The van der Waals surface area contributed by atoms with E-state index in [-0.39, 0.29) is 6.04 Å². The minimum Gasteiger partial charge on any atom is -0.308 e. The summed E-state index contributed by atoms with van der Waals surface area (Å²) in [5.41, 5.74) is 1.17. The fourth-order valence-electron chi connectivity index (χ4n) is 1.72. The minimum absolute atomic E-state index is 0.0926. The van der Waals surface area contributed by atoms with E-state index in [1.54, 1.807) is 18.3 Å². The second-order valence-corrected chi connectivity index (χ2v) is 7.78. The number of hydrogen-bond acceptors (Lipinski definition) is 4. The van der Waals surface area contributed by atoms with Crippen LogP contribution < -0.4 is 5.32 Å². The molecule has 0 fully saturated rings. The van der Waals surface area contributed by atoms with Gasteiger partial charge in [-0.15, -0.1) is 11.3 Å². The predicted molar refractivity (Wildman–Crippen MR) is 74.4 cm³/mol. The van der Waals surface area contributed by atoms with Crippen LogP contribution >= 0.6 is 11.3 Å². The van der Waals surface area contributed by atoms with E-state index in [0.717, 1.165) is 17.8 Å². The molecular weight excluding hydrogens is 254 g/mol. The Hall–Kier alpha value is -0.390. The Morgan fingerprint density at radius 2 is 2.12 bits per heavy atom. The predicted octanol–water partition coefficient (Wildman–Crippen LogP) is 2.53. The van der Waals surface area contributed by atoms with Crippen LogP contribution in [0.2, 0.25) is 0 Å². The zero-order valence-electron chi connectivity index (χ0n) is 10.9. The van der Waals surface area contributed by atoms with Gasteiger partial charge in [0.25, 0.3) is 0 Å². The first kappa shape index (κ1) is 14.7. The lowest BCUT2D eigenvalue weighted by atomic mass is 10.1. The standard InChI is InChI=1S/C12H21NO2S2/c1-5-7-13-11(10(3)17(4,14)15)12-9(2)6-8-16-12/h6,8,10-11,13H,5,7H2,1-4H3. The van der Waals surface area contributed by atoms with Crippen molar-refractivity contribution in [2.45, 2.75) is 38.5 Å². The highest BCUT2D eigenvalue weighted by Crippen LogP contribution is 2.29. The largest absolute Gasteiger partial charge is 0.308 e. The van der Waals surface area contributed by atoms with Gasteiger partial charge in [-0.3, -0.25) is 0 Å². The van der Waals surface area contributed by atoms with Gasteiger partial charge < -0.3 is 5.32 Å². The molecule has 0 aromatic carbocycles. The summed E-state index contributed by atoms with van der Waals surface area (Å²) in [5, 5.41) is 4.97. The summed E-state index contributed by atoms with van der Waals surface area (Å²) >= 11 is 1.63. The normalized spacial score (nSPS) is 15.8. The molecule has 1 N–H and O–H groups in total. The molecule has 98 valence electrons. The first-order chi connectivity index (χ1) is 7.88. The molecule has 0 aliphatic heterocycles. The van der Waals surface area contributed by atoms with Gasteiger partial charge in [-0.05, 0) is 43.8 Å². The lowest BCUT2D eigenvalue weighted by Gasteiger charge is -2.23. The Labute approximate surface area is 108 Å². The number of sulfone groups is 1. The summed E-state index contributed by atoms with van der Waals surface area (Å²) < 4.78 is 23.4. The van der Waals surface area contributed by atoms with Crippen molar-refractivity contribution >= 4 is 21.2 Å². The second-order valence-electron chi connectivity index (χ2n) is 4.43. The van der Waals surface area contributed by atoms with Crippen molar-refractivity contribution in [3.8, 4) is 0 Å². The van der Waals surface area contributed by atoms with Crippen molar-refractivity contribution in [2.24, 2.45) is 0 Å². The van der Waals surface area contributed by atoms with E-state index >= 15 is 0 Å². The zero-order valence-corrected chi connectivity index (χ0v) is 12.5. The molecule has 0 aliphatic rings. The zero-order chi connectivity index (χ0) is 13.1. The molecule has 1 heterocycles. The summed E-state index contributed by atoms with van der Waals surface area (Å²) in [4.78, 5) is 1.14. The van der Waals surface area contributed by atoms with Crippen LogP contribution in [0, 0.1) is 6.92 Å². The SMILES string of the molecule is CCCNC(c1sccc1C)C(C)S(C)(=O)=O. The molecule has 2 unspecified atom stereocenters. The Bertz CT molecular complexity index is 451. The molecule has 3 nitrogen and oxygen atoms in total. The third kappa shape index (κ3) is 3.79. The molecule has 5 heteroatoms. The Morgan fingerprint density at radius 1 is 1.47 bits per heavy atom. The van der Waals surface area contributed by atoms with Crippen LogP contribution in [-0.2, 0) is 9.84 Å². The van der Waals surface area contributed by atoms with Crippen LogP contribution in [0.4, 0.5) is 0 Å². The topological polar surface area (TPSA) is 46.2 Å². The van der Waals surface area contributed by atoms with E-state index < -0.39 is 15.1 Å². The van der Waals surface area contributed by atoms with Gasteiger partial charge in [0.2, 0.25) is 0 Å². The van der Waals surface area contributed by atoms with Gasteiger partial charge in [0, 0.05) is 11.1 Å². The highest BCUT2D eigenvalue weighted by Gasteiger charge is 2.28. The number of thiophene rings is 1. The summed E-state index contributed by atoms with van der Waals surface area (Å²) in [6.07, 6.45) is 2.30. The highest BCUT2D eigenvalue weighted by molar-refractivity contribution is 7.91. The summed E-state index contributed by atoms with van der Waals surface area (Å²) in [6.45, 7) is 6.72. The molecule has 0 bridgehead atoms. The molecule has 0 saturated heterocycles. The summed E-state index contributed by atoms with van der Waals surface area (Å²) in [7, 11) is -3.03. The molecule has 1 aromatic heterocycles. The monoisotopic (exact) mass is 275 g/mol. The molecule has 0 amide bonds. The molecule has 2 atom stereocenters. The lowest BCUT2D eigenvalue weighted by molar-refractivity contribution is 0.504. The third-order valence-corrected chi connectivity index (χ3v) is 5.67. The van der Waals surface area contributed by atoms with Crippen LogP contribution in [0.5, 0.6) is 0 Å². The summed E-state index contributed by atoms with van der Waals surface area (Å²) in [6, 6.07) is 1.94. The molecule has 0 spiro atoms. The van der Waals surface area contributed by atoms with Gasteiger partial charge in [-0.1, -0.05) is 6.92 Å². The van der Waals surface area contributed by atoms with E-state index in [4.69, 9.17) is 0 Å². The number of aryl methyl sites for hydroxylation is 1. The van der Waals surface area contributed by atoms with Gasteiger partial charge in [0.15, 0.2) is 9.84 Å². The average Bonchev–Trinajstić information content (AvgIpc) is 2.64. The summed E-state index contributed by atoms with van der Waals surface area (Å²) in [5.74, 6) is 0. The molecule has 0 saturated carbocycles. The maximum atomic E-state index is 11.7. The molecule has 1 aromatic rings. The third-order valence-electron chi connectivity index (χ3n) is 2.94. The van der Waals surface area contributed by atoms with Crippen LogP contribution in [0.15, 0.2) is 11.4 Å². The van der Waals surface area contributed by atoms with Crippen molar-refractivity contribution < 1.29 is 8.42 Å². The van der Waals surface area contributed by atoms with Gasteiger partial charge in [0.05, 0.1) is 11.3 Å². The number of nitrogens with one attached hydrogen (secondary N) is 1. The average molecular weight is 275 g/mol. The van der Waals surface area contributed by atoms with E-state index in [9.17, 15) is 8.42 Å². The van der Waals surface area contributed by atoms with Crippen molar-refractivity contribution in [1.29, 1.82) is 0 Å². The lowest BCUT2D eigenvalue weighted by Crippen LogP contribution is -2.35. The maximum Gasteiger partial charge on any atom is 0.151 e. The second kappa shape index (κ2) is 5.98. The first-order valence-corrected chi connectivity index (χ1v) is 8.67. The van der Waals surface area contributed by atoms with Crippen molar-refractivity contribution in [3.63, 3.8) is 0 Å². The molecule has 17 heavy (non-hydrogen) atoms. The van der Waals surface area contributed by atoms with Gasteiger partial charge in [-0.25, -0.2) is 8.42 Å².